The molecule has 0 bridgehead atoms. The third kappa shape index (κ3) is 4.84. The van der Waals surface area contributed by atoms with Gasteiger partial charge in [0.05, 0.1) is 0 Å². The highest BCUT2D eigenvalue weighted by Crippen LogP contribution is 2.18. The highest BCUT2D eigenvalue weighted by atomic mass is 31.1. The standard InChI is InChI=1S/C11H13O3P/c1-2-3-4-10-5-7-11(8-6-10)9-14-15(12)13/h2,5-8H,1,3-4,9H2/p+1. The van der Waals surface area contributed by atoms with Gasteiger partial charge in [-0.2, -0.15) is 0 Å². The molecule has 0 aromatic heterocycles. The Balaban J connectivity index is 2.48. The molecule has 0 heterocycles. The van der Waals surface area contributed by atoms with E-state index in [4.69, 9.17) is 4.89 Å². The summed E-state index contributed by atoms with van der Waals surface area (Å²) in [7, 11) is -2.50. The lowest BCUT2D eigenvalue weighted by atomic mass is 10.1. The molecular formula is C11H14O3P+. The first-order chi connectivity index (χ1) is 7.22. The Hall–Kier alpha value is -1.02. The molecule has 0 radical (unpaired) electrons. The van der Waals surface area contributed by atoms with Crippen molar-refractivity contribution >= 4 is 8.25 Å². The van der Waals surface area contributed by atoms with E-state index in [1.165, 1.54) is 5.56 Å². The van der Waals surface area contributed by atoms with E-state index in [1.54, 1.807) is 0 Å². The summed E-state index contributed by atoms with van der Waals surface area (Å²) in [6, 6.07) is 7.79. The van der Waals surface area contributed by atoms with Gasteiger partial charge in [-0.05, 0) is 24.0 Å². The third-order valence-electron chi connectivity index (χ3n) is 2.00. The van der Waals surface area contributed by atoms with E-state index in [0.717, 1.165) is 18.4 Å². The van der Waals surface area contributed by atoms with Gasteiger partial charge < -0.3 is 0 Å². The minimum atomic E-state index is -2.50. The lowest BCUT2D eigenvalue weighted by Crippen LogP contribution is -1.88. The van der Waals surface area contributed by atoms with Gasteiger partial charge in [0.25, 0.3) is 0 Å². The van der Waals surface area contributed by atoms with E-state index in [2.05, 4.69) is 11.1 Å². The van der Waals surface area contributed by atoms with E-state index >= 15 is 0 Å². The van der Waals surface area contributed by atoms with E-state index < -0.39 is 8.25 Å². The molecule has 1 rings (SSSR count). The fourth-order valence-electron chi connectivity index (χ4n) is 1.20. The second-order valence-electron chi connectivity index (χ2n) is 3.16. The summed E-state index contributed by atoms with van der Waals surface area (Å²) < 4.78 is 14.9. The molecule has 1 atom stereocenters. The Labute approximate surface area is 90.4 Å². The van der Waals surface area contributed by atoms with Crippen molar-refractivity contribution in [3.8, 4) is 0 Å². The average Bonchev–Trinajstić information content (AvgIpc) is 2.25. The summed E-state index contributed by atoms with van der Waals surface area (Å²) in [5.74, 6) is 0. The molecule has 0 aliphatic carbocycles. The summed E-state index contributed by atoms with van der Waals surface area (Å²) >= 11 is 0. The predicted octanol–water partition coefficient (Wildman–Crippen LogP) is 2.97. The maximum Gasteiger partial charge on any atom is 0.695 e. The fourth-order valence-corrected chi connectivity index (χ4v) is 1.46. The summed E-state index contributed by atoms with van der Waals surface area (Å²) in [5.41, 5.74) is 2.13. The first-order valence-electron chi connectivity index (χ1n) is 4.70. The van der Waals surface area contributed by atoms with Crippen molar-refractivity contribution in [2.45, 2.75) is 19.4 Å². The van der Waals surface area contributed by atoms with Crippen LogP contribution in [0.3, 0.4) is 0 Å². The van der Waals surface area contributed by atoms with Crippen LogP contribution in [-0.2, 0) is 22.1 Å². The molecule has 1 unspecified atom stereocenters. The Morgan fingerprint density at radius 2 is 1.93 bits per heavy atom. The van der Waals surface area contributed by atoms with E-state index in [9.17, 15) is 4.57 Å². The lowest BCUT2D eigenvalue weighted by Gasteiger charge is -1.99. The maximum atomic E-state index is 10.3. The molecule has 1 aromatic carbocycles. The van der Waals surface area contributed by atoms with Gasteiger partial charge >= 0.3 is 8.25 Å². The zero-order valence-electron chi connectivity index (χ0n) is 8.43. The van der Waals surface area contributed by atoms with Gasteiger partial charge in [0.2, 0.25) is 0 Å². The minimum Gasteiger partial charge on any atom is -0.133 e. The van der Waals surface area contributed by atoms with Crippen molar-refractivity contribution in [2.24, 2.45) is 0 Å². The van der Waals surface area contributed by atoms with Crippen LogP contribution in [0.15, 0.2) is 36.9 Å². The van der Waals surface area contributed by atoms with Gasteiger partial charge in [0.15, 0.2) is 0 Å². The topological polar surface area (TPSA) is 46.5 Å². The first kappa shape index (κ1) is 12.1. The summed E-state index contributed by atoms with van der Waals surface area (Å²) in [6.45, 7) is 3.84. The molecule has 0 saturated carbocycles. The van der Waals surface area contributed by atoms with E-state index in [0.29, 0.717) is 0 Å². The van der Waals surface area contributed by atoms with Crippen molar-refractivity contribution in [1.82, 2.24) is 0 Å². The van der Waals surface area contributed by atoms with Crippen molar-refractivity contribution in [1.29, 1.82) is 0 Å². The van der Waals surface area contributed by atoms with Crippen LogP contribution in [0.1, 0.15) is 17.5 Å². The molecule has 0 aliphatic heterocycles. The third-order valence-corrected chi connectivity index (χ3v) is 2.35. The van der Waals surface area contributed by atoms with Crippen molar-refractivity contribution in [3.63, 3.8) is 0 Å². The molecule has 0 spiro atoms. The van der Waals surface area contributed by atoms with E-state index in [1.807, 2.05) is 30.3 Å². The normalized spacial score (nSPS) is 11.1. The molecule has 0 saturated heterocycles. The Bertz CT molecular complexity index is 332. The number of allylic oxidation sites excluding steroid dienone is 1. The zero-order chi connectivity index (χ0) is 11.1. The molecule has 0 aliphatic rings. The number of rotatable bonds is 6. The average molecular weight is 225 g/mol. The maximum absolute atomic E-state index is 10.3. The molecular weight excluding hydrogens is 211 g/mol. The van der Waals surface area contributed by atoms with Gasteiger partial charge in [-0.3, -0.25) is 0 Å². The Kier molecular flexibility index (Phi) is 5.19. The number of hydrogen-bond donors (Lipinski definition) is 1. The van der Waals surface area contributed by atoms with Crippen LogP contribution in [0.2, 0.25) is 0 Å². The SMILES string of the molecule is C=CCCc1ccc(CO[P+](=O)O)cc1. The second-order valence-corrected chi connectivity index (χ2v) is 3.89. The number of aryl methyl sites for hydroxylation is 1. The van der Waals surface area contributed by atoms with Crippen molar-refractivity contribution in [2.75, 3.05) is 0 Å². The fraction of sp³-hybridized carbons (Fsp3) is 0.273. The summed E-state index contributed by atoms with van der Waals surface area (Å²) in [4.78, 5) is 8.46. The quantitative estimate of drug-likeness (QED) is 0.598. The molecule has 0 fully saturated rings. The number of benzene rings is 1. The first-order valence-corrected chi connectivity index (χ1v) is 5.83. The summed E-state index contributed by atoms with van der Waals surface area (Å²) in [5, 5.41) is 0. The van der Waals surface area contributed by atoms with Gasteiger partial charge in [0, 0.05) is 4.57 Å². The predicted molar refractivity (Wildman–Crippen MR) is 59.6 cm³/mol. The van der Waals surface area contributed by atoms with Crippen LogP contribution in [0.25, 0.3) is 0 Å². The monoisotopic (exact) mass is 225 g/mol. The zero-order valence-corrected chi connectivity index (χ0v) is 9.32. The van der Waals surface area contributed by atoms with Crippen molar-refractivity contribution in [3.05, 3.63) is 48.0 Å². The van der Waals surface area contributed by atoms with Gasteiger partial charge in [-0.15, -0.1) is 16.0 Å². The summed E-state index contributed by atoms with van der Waals surface area (Å²) in [6.07, 6.45) is 3.81. The Morgan fingerprint density at radius 1 is 1.33 bits per heavy atom. The van der Waals surface area contributed by atoms with Gasteiger partial charge in [0.1, 0.15) is 6.61 Å². The van der Waals surface area contributed by atoms with Crippen LogP contribution in [0.5, 0.6) is 0 Å². The smallest absolute Gasteiger partial charge is 0.133 e. The van der Waals surface area contributed by atoms with Crippen LogP contribution in [0, 0.1) is 0 Å². The van der Waals surface area contributed by atoms with Gasteiger partial charge in [-0.1, -0.05) is 30.3 Å². The minimum absolute atomic E-state index is 0.174. The van der Waals surface area contributed by atoms with Crippen LogP contribution < -0.4 is 0 Å². The molecule has 4 heteroatoms. The molecule has 0 amide bonds. The molecule has 1 N–H and O–H groups in total. The Morgan fingerprint density at radius 3 is 2.47 bits per heavy atom. The molecule has 15 heavy (non-hydrogen) atoms. The second kappa shape index (κ2) is 6.46. The molecule has 1 aromatic rings. The highest BCUT2D eigenvalue weighted by Gasteiger charge is 2.11. The molecule has 3 nitrogen and oxygen atoms in total. The molecule has 80 valence electrons. The van der Waals surface area contributed by atoms with Crippen LogP contribution in [-0.4, -0.2) is 4.89 Å². The lowest BCUT2D eigenvalue weighted by molar-refractivity contribution is 0.272. The van der Waals surface area contributed by atoms with Gasteiger partial charge in [-0.25, -0.2) is 0 Å². The number of hydrogen-bond acceptors (Lipinski definition) is 2. The van der Waals surface area contributed by atoms with Crippen LogP contribution in [0.4, 0.5) is 0 Å². The van der Waals surface area contributed by atoms with E-state index in [-0.39, 0.29) is 6.61 Å². The van der Waals surface area contributed by atoms with Crippen LogP contribution >= 0.6 is 8.25 Å². The largest absolute Gasteiger partial charge is 0.695 e. The van der Waals surface area contributed by atoms with Crippen molar-refractivity contribution < 1.29 is 14.0 Å². The highest BCUT2D eigenvalue weighted by molar-refractivity contribution is 7.32.